The van der Waals surface area contributed by atoms with Crippen molar-refractivity contribution in [2.45, 2.75) is 4.90 Å². The molecule has 0 atom stereocenters. The number of carbonyl (C=O) groups excluding carboxylic acids is 1. The number of halogens is 1. The summed E-state index contributed by atoms with van der Waals surface area (Å²) in [7, 11) is -1.32. The van der Waals surface area contributed by atoms with Crippen LogP contribution in [0, 0.1) is 5.82 Å². The molecular formula is C12H17FN2O4S. The van der Waals surface area contributed by atoms with Gasteiger partial charge in [0, 0.05) is 20.7 Å². The number of amides is 1. The lowest BCUT2D eigenvalue weighted by Crippen LogP contribution is -2.39. The highest BCUT2D eigenvalue weighted by molar-refractivity contribution is 7.89. The molecule has 0 aliphatic rings. The summed E-state index contributed by atoms with van der Waals surface area (Å²) in [5.41, 5.74) is 0. The molecule has 0 fully saturated rings. The summed E-state index contributed by atoms with van der Waals surface area (Å²) in [4.78, 5) is 11.1. The second kappa shape index (κ2) is 7.32. The molecule has 0 aromatic heterocycles. The van der Waals surface area contributed by atoms with Gasteiger partial charge in [0.2, 0.25) is 15.9 Å². The molecule has 1 rings (SSSR count). The van der Waals surface area contributed by atoms with Crippen molar-refractivity contribution >= 4 is 15.9 Å². The minimum atomic E-state index is -4.03. The van der Waals surface area contributed by atoms with E-state index >= 15 is 0 Å². The van der Waals surface area contributed by atoms with E-state index in [1.807, 2.05) is 0 Å². The van der Waals surface area contributed by atoms with E-state index in [2.05, 4.69) is 5.32 Å². The number of benzene rings is 1. The van der Waals surface area contributed by atoms with Gasteiger partial charge in [-0.1, -0.05) is 12.1 Å². The van der Waals surface area contributed by atoms with Crippen LogP contribution in [0.1, 0.15) is 0 Å². The van der Waals surface area contributed by atoms with Crippen LogP contribution in [0.3, 0.4) is 0 Å². The fourth-order valence-corrected chi connectivity index (χ4v) is 2.65. The van der Waals surface area contributed by atoms with Gasteiger partial charge in [-0.2, -0.15) is 4.31 Å². The van der Waals surface area contributed by atoms with Crippen molar-refractivity contribution < 1.29 is 22.3 Å². The molecule has 0 aliphatic carbocycles. The van der Waals surface area contributed by atoms with Gasteiger partial charge in [-0.3, -0.25) is 4.79 Å². The summed E-state index contributed by atoms with van der Waals surface area (Å²) >= 11 is 0. The predicted octanol–water partition coefficient (Wildman–Crippen LogP) is 0.209. The number of nitrogens with one attached hydrogen (secondary N) is 1. The minimum absolute atomic E-state index is 0.281. The summed E-state index contributed by atoms with van der Waals surface area (Å²) in [6, 6.07) is 5.03. The molecular weight excluding hydrogens is 287 g/mol. The van der Waals surface area contributed by atoms with Crippen LogP contribution in [0.4, 0.5) is 4.39 Å². The van der Waals surface area contributed by atoms with Gasteiger partial charge in [-0.15, -0.1) is 0 Å². The Kier molecular flexibility index (Phi) is 6.05. The molecule has 0 saturated heterocycles. The summed E-state index contributed by atoms with van der Waals surface area (Å²) in [6.07, 6.45) is 0. The average molecular weight is 304 g/mol. The highest BCUT2D eigenvalue weighted by Gasteiger charge is 2.25. The zero-order valence-electron chi connectivity index (χ0n) is 11.3. The number of ether oxygens (including phenoxy) is 1. The Morgan fingerprint density at radius 3 is 2.65 bits per heavy atom. The molecule has 6 nitrogen and oxygen atoms in total. The van der Waals surface area contributed by atoms with Crippen LogP contribution in [-0.2, 0) is 19.6 Å². The number of rotatable bonds is 7. The topological polar surface area (TPSA) is 75.7 Å². The second-order valence-electron chi connectivity index (χ2n) is 4.03. The lowest BCUT2D eigenvalue weighted by atomic mass is 10.4. The molecule has 0 spiro atoms. The van der Waals surface area contributed by atoms with Gasteiger partial charge in [0.05, 0.1) is 13.2 Å². The average Bonchev–Trinajstić information content (AvgIpc) is 2.39. The van der Waals surface area contributed by atoms with Crippen LogP contribution in [0.25, 0.3) is 0 Å². The normalized spacial score (nSPS) is 11.6. The molecule has 1 aromatic rings. The van der Waals surface area contributed by atoms with E-state index < -0.39 is 26.6 Å². The van der Waals surface area contributed by atoms with Crippen LogP contribution in [0.2, 0.25) is 0 Å². The second-order valence-corrected chi connectivity index (χ2v) is 6.05. The van der Waals surface area contributed by atoms with Crippen LogP contribution >= 0.6 is 0 Å². The van der Waals surface area contributed by atoms with Crippen molar-refractivity contribution in [2.75, 3.05) is 33.9 Å². The molecule has 1 aromatic carbocycles. The first kappa shape index (κ1) is 16.5. The molecule has 0 unspecified atom stereocenters. The fourth-order valence-electron chi connectivity index (χ4n) is 1.46. The fraction of sp³-hybridized carbons (Fsp3) is 0.417. The third kappa shape index (κ3) is 4.26. The number of likely N-dealkylation sites (N-methyl/N-ethyl adjacent to an activating group) is 1. The quantitative estimate of drug-likeness (QED) is 0.731. The molecule has 0 radical (unpaired) electrons. The van der Waals surface area contributed by atoms with E-state index in [0.29, 0.717) is 6.61 Å². The maximum absolute atomic E-state index is 13.5. The first-order valence-electron chi connectivity index (χ1n) is 5.86. The highest BCUT2D eigenvalue weighted by Crippen LogP contribution is 2.17. The van der Waals surface area contributed by atoms with Crippen LogP contribution in [-0.4, -0.2) is 52.5 Å². The lowest BCUT2D eigenvalue weighted by molar-refractivity contribution is -0.121. The van der Waals surface area contributed by atoms with E-state index in [-0.39, 0.29) is 13.1 Å². The van der Waals surface area contributed by atoms with Gasteiger partial charge >= 0.3 is 0 Å². The van der Waals surface area contributed by atoms with Crippen LogP contribution in [0.15, 0.2) is 29.2 Å². The molecule has 0 heterocycles. The molecule has 0 bridgehead atoms. The standard InChI is InChI=1S/C12H17FN2O4S/c1-15(9-12(16)14-7-8-19-2)20(17,18)11-6-4-3-5-10(11)13/h3-6H,7-9H2,1-2H3,(H,14,16). The molecule has 1 N–H and O–H groups in total. The first-order chi connectivity index (χ1) is 9.39. The van der Waals surface area contributed by atoms with Crippen LogP contribution < -0.4 is 5.32 Å². The van der Waals surface area contributed by atoms with Gasteiger partial charge in [-0.25, -0.2) is 12.8 Å². The zero-order valence-corrected chi connectivity index (χ0v) is 12.1. The van der Waals surface area contributed by atoms with Crippen molar-refractivity contribution in [1.82, 2.24) is 9.62 Å². The van der Waals surface area contributed by atoms with Gasteiger partial charge in [0.1, 0.15) is 10.7 Å². The molecule has 8 heteroatoms. The number of nitrogens with zero attached hydrogens (tertiary/aromatic N) is 1. The predicted molar refractivity (Wildman–Crippen MR) is 71.1 cm³/mol. The third-order valence-corrected chi connectivity index (χ3v) is 4.36. The smallest absolute Gasteiger partial charge is 0.246 e. The van der Waals surface area contributed by atoms with Crippen molar-refractivity contribution in [1.29, 1.82) is 0 Å². The number of sulfonamides is 1. The van der Waals surface area contributed by atoms with Gasteiger partial charge in [0.25, 0.3) is 0 Å². The van der Waals surface area contributed by atoms with E-state index in [0.717, 1.165) is 16.4 Å². The van der Waals surface area contributed by atoms with Crippen LogP contribution in [0.5, 0.6) is 0 Å². The largest absolute Gasteiger partial charge is 0.383 e. The maximum Gasteiger partial charge on any atom is 0.246 e. The minimum Gasteiger partial charge on any atom is -0.383 e. The summed E-state index contributed by atoms with van der Waals surface area (Å²) < 4.78 is 43.3. The molecule has 0 aliphatic heterocycles. The van der Waals surface area contributed by atoms with Crippen molar-refractivity contribution in [3.8, 4) is 0 Å². The molecule has 1 amide bonds. The van der Waals surface area contributed by atoms with Gasteiger partial charge < -0.3 is 10.1 Å². The molecule has 20 heavy (non-hydrogen) atoms. The zero-order chi connectivity index (χ0) is 15.2. The Morgan fingerprint density at radius 2 is 2.05 bits per heavy atom. The molecule has 112 valence electrons. The monoisotopic (exact) mass is 304 g/mol. The Hall–Kier alpha value is -1.51. The SMILES string of the molecule is COCCNC(=O)CN(C)S(=O)(=O)c1ccccc1F. The van der Waals surface area contributed by atoms with E-state index in [1.54, 1.807) is 0 Å². The maximum atomic E-state index is 13.5. The number of hydrogen-bond donors (Lipinski definition) is 1. The lowest BCUT2D eigenvalue weighted by Gasteiger charge is -2.17. The Morgan fingerprint density at radius 1 is 1.40 bits per heavy atom. The Labute approximate surface area is 117 Å². The Bertz CT molecular complexity index is 562. The summed E-state index contributed by atoms with van der Waals surface area (Å²) in [6.45, 7) is 0.221. The summed E-state index contributed by atoms with van der Waals surface area (Å²) in [5.74, 6) is -1.33. The highest BCUT2D eigenvalue weighted by atomic mass is 32.2. The van der Waals surface area contributed by atoms with E-state index in [1.165, 1.54) is 26.3 Å². The number of hydrogen-bond acceptors (Lipinski definition) is 4. The third-order valence-electron chi connectivity index (χ3n) is 2.52. The number of carbonyl (C=O) groups is 1. The van der Waals surface area contributed by atoms with Gasteiger partial charge in [-0.05, 0) is 12.1 Å². The van der Waals surface area contributed by atoms with E-state index in [9.17, 15) is 17.6 Å². The Balaban J connectivity index is 2.73. The van der Waals surface area contributed by atoms with Crippen molar-refractivity contribution in [2.24, 2.45) is 0 Å². The van der Waals surface area contributed by atoms with Crippen molar-refractivity contribution in [3.05, 3.63) is 30.1 Å². The van der Waals surface area contributed by atoms with Crippen molar-refractivity contribution in [3.63, 3.8) is 0 Å². The first-order valence-corrected chi connectivity index (χ1v) is 7.30. The summed E-state index contributed by atoms with van der Waals surface area (Å²) in [5, 5.41) is 2.49. The van der Waals surface area contributed by atoms with E-state index in [4.69, 9.17) is 4.74 Å². The molecule has 0 saturated carbocycles. The van der Waals surface area contributed by atoms with Gasteiger partial charge in [0.15, 0.2) is 0 Å². The number of methoxy groups -OCH3 is 1.